The Balaban J connectivity index is 1.58. The van der Waals surface area contributed by atoms with E-state index in [9.17, 15) is 14.0 Å². The molecule has 3 aromatic rings. The first kappa shape index (κ1) is 23.0. The number of rotatable bonds is 5. The largest absolute Gasteiger partial charge is 0.373 e. The van der Waals surface area contributed by atoms with E-state index in [4.69, 9.17) is 0 Å². The molecule has 1 atom stereocenters. The first-order valence-corrected chi connectivity index (χ1v) is 10.8. The van der Waals surface area contributed by atoms with Gasteiger partial charge in [-0.15, -0.1) is 0 Å². The van der Waals surface area contributed by atoms with Crippen LogP contribution in [0.15, 0.2) is 48.9 Å². The molecule has 4 amide bonds. The molecule has 0 aliphatic carbocycles. The lowest BCUT2D eigenvalue weighted by molar-refractivity contribution is 0.249. The van der Waals surface area contributed by atoms with Gasteiger partial charge in [0.25, 0.3) is 0 Å². The number of carbonyl (C=O) groups excluding carboxylic acids is 2. The second-order valence-electron chi connectivity index (χ2n) is 8.10. The van der Waals surface area contributed by atoms with Crippen LogP contribution in [0.1, 0.15) is 29.7 Å². The average molecular weight is 464 g/mol. The lowest BCUT2D eigenvalue weighted by atomic mass is 10.1. The lowest BCUT2D eigenvalue weighted by Crippen LogP contribution is -2.45. The Labute approximate surface area is 197 Å². The number of anilines is 4. The van der Waals surface area contributed by atoms with Crippen LogP contribution in [0.2, 0.25) is 0 Å². The Bertz CT molecular complexity index is 1240. The standard InChI is InChI=1S/C24H26FN7O2/c1-14-8-18(25)19(30-23(33)29-15(2)16-6-5-7-27-11-16)9-20(14)32-13-17-12-28-22(26-3)10-21(17)31(4)24(32)34/h5-12,15H,13H2,1-4H3,(H,26,28)(H2,29,30,33). The number of nitrogens with zero attached hydrogens (tertiary/aromatic N) is 4. The zero-order chi connectivity index (χ0) is 24.4. The molecule has 9 nitrogen and oxygen atoms in total. The van der Waals surface area contributed by atoms with Gasteiger partial charge in [-0.1, -0.05) is 6.07 Å². The smallest absolute Gasteiger partial charge is 0.329 e. The third-order valence-corrected chi connectivity index (χ3v) is 5.78. The third-order valence-electron chi connectivity index (χ3n) is 5.78. The van der Waals surface area contributed by atoms with Crippen LogP contribution >= 0.6 is 0 Å². The van der Waals surface area contributed by atoms with Crippen molar-refractivity contribution in [1.29, 1.82) is 0 Å². The van der Waals surface area contributed by atoms with Gasteiger partial charge in [-0.3, -0.25) is 14.8 Å². The van der Waals surface area contributed by atoms with Crippen molar-refractivity contribution in [2.24, 2.45) is 0 Å². The minimum absolute atomic E-state index is 0.0265. The number of benzene rings is 1. The van der Waals surface area contributed by atoms with Gasteiger partial charge >= 0.3 is 12.1 Å². The maximum atomic E-state index is 14.7. The van der Waals surface area contributed by atoms with Crippen LogP contribution in [-0.4, -0.2) is 36.1 Å². The summed E-state index contributed by atoms with van der Waals surface area (Å²) in [5, 5.41) is 8.29. The van der Waals surface area contributed by atoms with E-state index in [-0.39, 0.29) is 24.3 Å². The highest BCUT2D eigenvalue weighted by molar-refractivity contribution is 6.06. The van der Waals surface area contributed by atoms with Crippen molar-refractivity contribution in [2.45, 2.75) is 26.4 Å². The number of fused-ring (bicyclic) bond motifs is 1. The number of carbonyl (C=O) groups is 2. The molecular weight excluding hydrogens is 437 g/mol. The second-order valence-corrected chi connectivity index (χ2v) is 8.10. The maximum Gasteiger partial charge on any atom is 0.329 e. The highest BCUT2D eigenvalue weighted by Gasteiger charge is 2.31. The lowest BCUT2D eigenvalue weighted by Gasteiger charge is -2.36. The SMILES string of the molecule is CNc1cc2c(cn1)CN(c1cc(NC(=O)NC(C)c3cccnc3)c(F)cc1C)C(=O)N2C. The summed E-state index contributed by atoms with van der Waals surface area (Å²) in [7, 11) is 3.44. The quantitative estimate of drug-likeness (QED) is 0.520. The number of aromatic nitrogens is 2. The predicted octanol–water partition coefficient (Wildman–Crippen LogP) is 4.42. The number of halogens is 1. The van der Waals surface area contributed by atoms with Crippen molar-refractivity contribution >= 4 is 34.9 Å². The molecule has 0 spiro atoms. The van der Waals surface area contributed by atoms with Crippen LogP contribution in [0.5, 0.6) is 0 Å². The van der Waals surface area contributed by atoms with Crippen LogP contribution in [-0.2, 0) is 6.54 Å². The summed E-state index contributed by atoms with van der Waals surface area (Å²) < 4.78 is 14.7. The van der Waals surface area contributed by atoms with Gasteiger partial charge in [-0.05, 0) is 43.2 Å². The van der Waals surface area contributed by atoms with E-state index in [2.05, 4.69) is 25.9 Å². The summed E-state index contributed by atoms with van der Waals surface area (Å²) >= 11 is 0. The Hall–Kier alpha value is -4.21. The van der Waals surface area contributed by atoms with Gasteiger partial charge in [0.05, 0.1) is 29.6 Å². The van der Waals surface area contributed by atoms with E-state index < -0.39 is 11.8 Å². The number of amides is 4. The van der Waals surface area contributed by atoms with Crippen LogP contribution in [0, 0.1) is 12.7 Å². The highest BCUT2D eigenvalue weighted by atomic mass is 19.1. The number of hydrogen-bond acceptors (Lipinski definition) is 5. The molecule has 0 saturated carbocycles. The topological polar surface area (TPSA) is 102 Å². The van der Waals surface area contributed by atoms with E-state index in [0.717, 1.165) is 16.8 Å². The summed E-state index contributed by atoms with van der Waals surface area (Å²) in [4.78, 5) is 37.2. The van der Waals surface area contributed by atoms with Crippen LogP contribution in [0.3, 0.4) is 0 Å². The van der Waals surface area contributed by atoms with Gasteiger partial charge in [0, 0.05) is 44.3 Å². The molecule has 3 heterocycles. The highest BCUT2D eigenvalue weighted by Crippen LogP contribution is 2.35. The minimum Gasteiger partial charge on any atom is -0.373 e. The number of nitrogens with one attached hydrogen (secondary N) is 3. The van der Waals surface area contributed by atoms with Crippen molar-refractivity contribution < 1.29 is 14.0 Å². The first-order valence-electron chi connectivity index (χ1n) is 10.8. The molecule has 1 aliphatic rings. The van der Waals surface area contributed by atoms with Crippen molar-refractivity contribution in [3.8, 4) is 0 Å². The molecule has 1 unspecified atom stereocenters. The third kappa shape index (κ3) is 4.47. The van der Waals surface area contributed by atoms with E-state index >= 15 is 0 Å². The van der Waals surface area contributed by atoms with E-state index in [1.165, 1.54) is 17.0 Å². The molecule has 0 fully saturated rings. The van der Waals surface area contributed by atoms with Gasteiger partial charge in [0.2, 0.25) is 0 Å². The fraction of sp³-hybridized carbons (Fsp3) is 0.250. The molecule has 0 bridgehead atoms. The molecule has 0 saturated heterocycles. The van der Waals surface area contributed by atoms with E-state index in [0.29, 0.717) is 17.1 Å². The molecule has 1 aromatic carbocycles. The molecule has 176 valence electrons. The molecule has 4 rings (SSSR count). The van der Waals surface area contributed by atoms with Crippen LogP contribution in [0.4, 0.5) is 36.9 Å². The normalized spacial score (nSPS) is 13.9. The number of aryl methyl sites for hydroxylation is 1. The Morgan fingerprint density at radius 1 is 1.21 bits per heavy atom. The van der Waals surface area contributed by atoms with Gasteiger partial charge in [-0.25, -0.2) is 19.0 Å². The molecule has 34 heavy (non-hydrogen) atoms. The molecule has 2 aromatic heterocycles. The fourth-order valence-electron chi connectivity index (χ4n) is 3.87. The van der Waals surface area contributed by atoms with Crippen molar-refractivity contribution in [2.75, 3.05) is 34.5 Å². The minimum atomic E-state index is -0.594. The maximum absolute atomic E-state index is 14.7. The van der Waals surface area contributed by atoms with Crippen molar-refractivity contribution in [3.63, 3.8) is 0 Å². The fourth-order valence-corrected chi connectivity index (χ4v) is 3.87. The molecular formula is C24H26FN7O2. The molecule has 3 N–H and O–H groups in total. The van der Waals surface area contributed by atoms with E-state index in [1.807, 2.05) is 12.1 Å². The number of pyridine rings is 2. The van der Waals surface area contributed by atoms with Gasteiger partial charge < -0.3 is 16.0 Å². The van der Waals surface area contributed by atoms with Crippen LogP contribution < -0.4 is 25.8 Å². The first-order chi connectivity index (χ1) is 16.3. The predicted molar refractivity (Wildman–Crippen MR) is 130 cm³/mol. The Kier molecular flexibility index (Phi) is 6.31. The Morgan fingerprint density at radius 2 is 2.00 bits per heavy atom. The zero-order valence-corrected chi connectivity index (χ0v) is 19.4. The molecule has 1 aliphatic heterocycles. The second kappa shape index (κ2) is 9.34. The number of urea groups is 2. The monoisotopic (exact) mass is 463 g/mol. The van der Waals surface area contributed by atoms with Gasteiger partial charge in [-0.2, -0.15) is 0 Å². The summed E-state index contributed by atoms with van der Waals surface area (Å²) in [6.45, 7) is 3.80. The van der Waals surface area contributed by atoms with Crippen LogP contribution in [0.25, 0.3) is 0 Å². The molecule has 0 radical (unpaired) electrons. The summed E-state index contributed by atoms with van der Waals surface area (Å²) in [5.74, 6) is 0.0618. The summed E-state index contributed by atoms with van der Waals surface area (Å²) in [5.41, 5.74) is 3.46. The molecule has 10 heteroatoms. The van der Waals surface area contributed by atoms with Crippen molar-refractivity contribution in [3.05, 3.63) is 71.4 Å². The zero-order valence-electron chi connectivity index (χ0n) is 19.4. The summed E-state index contributed by atoms with van der Waals surface area (Å²) in [6.07, 6.45) is 5.01. The average Bonchev–Trinajstić information content (AvgIpc) is 2.83. The summed E-state index contributed by atoms with van der Waals surface area (Å²) in [6, 6.07) is 7.04. The van der Waals surface area contributed by atoms with Crippen molar-refractivity contribution in [1.82, 2.24) is 15.3 Å². The number of hydrogen-bond donors (Lipinski definition) is 3. The van der Waals surface area contributed by atoms with Gasteiger partial charge in [0.1, 0.15) is 11.6 Å². The van der Waals surface area contributed by atoms with E-state index in [1.54, 1.807) is 57.5 Å². The Morgan fingerprint density at radius 3 is 2.71 bits per heavy atom. The van der Waals surface area contributed by atoms with Gasteiger partial charge in [0.15, 0.2) is 0 Å².